The molecule has 0 fully saturated rings. The Kier molecular flexibility index (Phi) is 2.11. The summed E-state index contributed by atoms with van der Waals surface area (Å²) in [7, 11) is 0. The molecule has 11 heavy (non-hydrogen) atoms. The molecule has 2 nitrogen and oxygen atoms in total. The van der Waals surface area contributed by atoms with Crippen LogP contribution in [0.5, 0.6) is 0 Å². The van der Waals surface area contributed by atoms with Gasteiger partial charge in [0.15, 0.2) is 0 Å². The molecule has 0 N–H and O–H groups in total. The van der Waals surface area contributed by atoms with Crippen molar-refractivity contribution in [2.45, 2.75) is 0 Å². The third-order valence-electron chi connectivity index (χ3n) is 1.21. The molecule has 3 heteroatoms. The summed E-state index contributed by atoms with van der Waals surface area (Å²) >= 11 is 0. The standard InChI is InChI=1S/C8H4FO2/c9-8(11)7-3-1-2-6(4-7)5-10/h1-4H. The molecule has 0 spiro atoms. The normalized spacial score (nSPS) is 9.18. The van der Waals surface area contributed by atoms with Gasteiger partial charge in [-0.2, -0.15) is 4.39 Å². The second-order valence-electron chi connectivity index (χ2n) is 1.96. The first-order chi connectivity index (χ1) is 5.24. The minimum Gasteiger partial charge on any atom is -0.285 e. The van der Waals surface area contributed by atoms with E-state index >= 15 is 0 Å². The molecule has 0 aliphatic carbocycles. The Morgan fingerprint density at radius 1 is 1.45 bits per heavy atom. The molecule has 0 unspecified atom stereocenters. The summed E-state index contributed by atoms with van der Waals surface area (Å²) in [5.74, 6) is 0. The Bertz CT molecular complexity index is 294. The van der Waals surface area contributed by atoms with E-state index in [1.165, 1.54) is 18.2 Å². The summed E-state index contributed by atoms with van der Waals surface area (Å²) in [6.07, 6.45) is 1.55. The molecular formula is C8H4FO2. The van der Waals surface area contributed by atoms with Gasteiger partial charge in [-0.25, -0.2) is 0 Å². The first-order valence-electron chi connectivity index (χ1n) is 2.92. The highest BCUT2D eigenvalue weighted by atomic mass is 19.1. The fourth-order valence-electron chi connectivity index (χ4n) is 0.705. The zero-order valence-electron chi connectivity index (χ0n) is 5.50. The lowest BCUT2D eigenvalue weighted by Gasteiger charge is -1.91. The summed E-state index contributed by atoms with van der Waals surface area (Å²) in [6, 6.07) is 3.77. The lowest BCUT2D eigenvalue weighted by molar-refractivity contribution is 0.0836. The van der Waals surface area contributed by atoms with Crippen LogP contribution in [-0.4, -0.2) is 12.3 Å². The molecule has 0 saturated heterocycles. The highest BCUT2D eigenvalue weighted by Crippen LogP contribution is 2.04. The number of rotatable bonds is 2. The number of benzene rings is 1. The van der Waals surface area contributed by atoms with Crippen LogP contribution in [0.25, 0.3) is 0 Å². The van der Waals surface area contributed by atoms with Crippen LogP contribution < -0.4 is 0 Å². The largest absolute Gasteiger partial charge is 0.332 e. The molecule has 0 aliphatic heterocycles. The van der Waals surface area contributed by atoms with E-state index in [9.17, 15) is 14.0 Å². The molecule has 0 bridgehead atoms. The number of halogens is 1. The quantitative estimate of drug-likeness (QED) is 0.596. The Morgan fingerprint density at radius 2 is 2.18 bits per heavy atom. The van der Waals surface area contributed by atoms with Gasteiger partial charge in [-0.05, 0) is 12.1 Å². The Morgan fingerprint density at radius 3 is 2.73 bits per heavy atom. The number of carbonyl (C=O) groups excluding carboxylic acids is 2. The molecule has 55 valence electrons. The first kappa shape index (κ1) is 7.60. The fraction of sp³-hybridized carbons (Fsp3) is 0. The lowest BCUT2D eigenvalue weighted by atomic mass is 10.1. The molecule has 0 atom stereocenters. The van der Waals surface area contributed by atoms with Crippen molar-refractivity contribution in [1.82, 2.24) is 0 Å². The van der Waals surface area contributed by atoms with E-state index in [2.05, 4.69) is 0 Å². The molecule has 0 aromatic heterocycles. The monoisotopic (exact) mass is 151 g/mol. The zero-order valence-corrected chi connectivity index (χ0v) is 5.50. The van der Waals surface area contributed by atoms with E-state index in [0.717, 1.165) is 6.07 Å². The van der Waals surface area contributed by atoms with E-state index < -0.39 is 6.04 Å². The van der Waals surface area contributed by atoms with Crippen LogP contribution in [0.15, 0.2) is 24.3 Å². The molecular weight excluding hydrogens is 147 g/mol. The van der Waals surface area contributed by atoms with E-state index in [4.69, 9.17) is 0 Å². The molecule has 1 radical (unpaired) electrons. The molecule has 1 rings (SSSR count). The number of hydrogen-bond acceptors (Lipinski definition) is 2. The SMILES string of the molecule is O=[C]c1cccc(C(=O)F)c1. The maximum absolute atomic E-state index is 12.0. The van der Waals surface area contributed by atoms with Crippen LogP contribution in [0, 0.1) is 0 Å². The Balaban J connectivity index is 3.10. The molecule has 0 amide bonds. The summed E-state index contributed by atoms with van der Waals surface area (Å²) in [5.41, 5.74) is 0.0550. The molecule has 0 aliphatic rings. The zero-order chi connectivity index (χ0) is 8.27. The summed E-state index contributed by atoms with van der Waals surface area (Å²) in [6.45, 7) is 0. The average molecular weight is 151 g/mol. The third kappa shape index (κ3) is 1.70. The van der Waals surface area contributed by atoms with Gasteiger partial charge < -0.3 is 0 Å². The van der Waals surface area contributed by atoms with Gasteiger partial charge in [-0.1, -0.05) is 12.1 Å². The van der Waals surface area contributed by atoms with Crippen molar-refractivity contribution in [3.05, 3.63) is 35.4 Å². The van der Waals surface area contributed by atoms with Crippen LogP contribution in [0.2, 0.25) is 0 Å². The fourth-order valence-corrected chi connectivity index (χ4v) is 0.705. The van der Waals surface area contributed by atoms with E-state index in [1.807, 2.05) is 0 Å². The van der Waals surface area contributed by atoms with Crippen molar-refractivity contribution in [3.8, 4) is 0 Å². The first-order valence-corrected chi connectivity index (χ1v) is 2.92. The number of hydrogen-bond donors (Lipinski definition) is 0. The highest BCUT2D eigenvalue weighted by Gasteiger charge is 2.02. The third-order valence-corrected chi connectivity index (χ3v) is 1.21. The summed E-state index contributed by atoms with van der Waals surface area (Å²) < 4.78 is 12.0. The van der Waals surface area contributed by atoms with E-state index in [-0.39, 0.29) is 11.1 Å². The van der Waals surface area contributed by atoms with Crippen molar-refractivity contribution in [2.24, 2.45) is 0 Å². The second kappa shape index (κ2) is 3.05. The topological polar surface area (TPSA) is 34.1 Å². The van der Waals surface area contributed by atoms with Crippen molar-refractivity contribution < 1.29 is 14.0 Å². The maximum Gasteiger partial charge on any atom is 0.332 e. The van der Waals surface area contributed by atoms with Crippen LogP contribution in [0.4, 0.5) is 4.39 Å². The molecule has 0 saturated carbocycles. The van der Waals surface area contributed by atoms with Crippen LogP contribution in [0.1, 0.15) is 15.9 Å². The predicted octanol–water partition coefficient (Wildman–Crippen LogP) is 1.25. The Labute approximate surface area is 62.6 Å². The molecule has 1 aromatic rings. The van der Waals surface area contributed by atoms with E-state index in [0.29, 0.717) is 0 Å². The minimum atomic E-state index is -1.54. The maximum atomic E-state index is 12.0. The number of carbonyl (C=O) groups is 1. The minimum absolute atomic E-state index is 0.120. The van der Waals surface area contributed by atoms with Crippen molar-refractivity contribution >= 4 is 12.3 Å². The average Bonchev–Trinajstić information content (AvgIpc) is 2.05. The van der Waals surface area contributed by atoms with Gasteiger partial charge in [0.05, 0.1) is 5.56 Å². The van der Waals surface area contributed by atoms with Gasteiger partial charge in [0.1, 0.15) is 0 Å². The van der Waals surface area contributed by atoms with Crippen molar-refractivity contribution in [2.75, 3.05) is 0 Å². The summed E-state index contributed by atoms with van der Waals surface area (Å²) in [4.78, 5) is 20.1. The van der Waals surface area contributed by atoms with Gasteiger partial charge in [-0.3, -0.25) is 9.59 Å². The van der Waals surface area contributed by atoms with Gasteiger partial charge in [0.2, 0.25) is 6.29 Å². The van der Waals surface area contributed by atoms with Crippen LogP contribution in [-0.2, 0) is 4.79 Å². The van der Waals surface area contributed by atoms with Gasteiger partial charge in [-0.15, -0.1) is 0 Å². The smallest absolute Gasteiger partial charge is 0.285 e. The van der Waals surface area contributed by atoms with E-state index in [1.54, 1.807) is 6.29 Å². The van der Waals surface area contributed by atoms with Crippen molar-refractivity contribution in [1.29, 1.82) is 0 Å². The predicted molar refractivity (Wildman–Crippen MR) is 36.7 cm³/mol. The van der Waals surface area contributed by atoms with Gasteiger partial charge in [0, 0.05) is 5.56 Å². The summed E-state index contributed by atoms with van der Waals surface area (Å²) in [5, 5.41) is 0. The van der Waals surface area contributed by atoms with Gasteiger partial charge >= 0.3 is 6.04 Å². The van der Waals surface area contributed by atoms with Crippen LogP contribution >= 0.6 is 0 Å². The van der Waals surface area contributed by atoms with Crippen LogP contribution in [0.3, 0.4) is 0 Å². The highest BCUT2D eigenvalue weighted by molar-refractivity contribution is 5.90. The molecule has 1 aromatic carbocycles. The lowest BCUT2D eigenvalue weighted by Crippen LogP contribution is -1.90. The van der Waals surface area contributed by atoms with Gasteiger partial charge in [0.25, 0.3) is 0 Å². The second-order valence-corrected chi connectivity index (χ2v) is 1.96. The Hall–Kier alpha value is -1.51. The van der Waals surface area contributed by atoms with Crippen molar-refractivity contribution in [3.63, 3.8) is 0 Å². The molecule has 0 heterocycles.